The molecule has 2 aromatic carbocycles. The Kier molecular flexibility index (Phi) is 4.05. The number of nitrogens with one attached hydrogen (secondary N) is 1. The molecular formula is C15H12FN3O2. The van der Waals surface area contributed by atoms with E-state index in [1.165, 1.54) is 31.4 Å². The van der Waals surface area contributed by atoms with Gasteiger partial charge in [0.2, 0.25) is 0 Å². The van der Waals surface area contributed by atoms with E-state index in [0.717, 1.165) is 0 Å². The smallest absolute Gasteiger partial charge is 0.337 e. The van der Waals surface area contributed by atoms with Gasteiger partial charge in [0.1, 0.15) is 11.9 Å². The van der Waals surface area contributed by atoms with Crippen LogP contribution in [0.1, 0.15) is 15.9 Å². The van der Waals surface area contributed by atoms with Gasteiger partial charge >= 0.3 is 5.97 Å². The van der Waals surface area contributed by atoms with Crippen LogP contribution in [0.25, 0.3) is 0 Å². The molecule has 0 saturated heterocycles. The van der Waals surface area contributed by atoms with Gasteiger partial charge in [0.05, 0.1) is 29.6 Å². The van der Waals surface area contributed by atoms with Crippen molar-refractivity contribution in [3.8, 4) is 6.07 Å². The molecule has 3 N–H and O–H groups in total. The predicted molar refractivity (Wildman–Crippen MR) is 76.6 cm³/mol. The monoisotopic (exact) mass is 285 g/mol. The molecule has 2 rings (SSSR count). The molecule has 0 spiro atoms. The van der Waals surface area contributed by atoms with Crippen LogP contribution in [-0.4, -0.2) is 13.1 Å². The molecule has 0 heterocycles. The summed E-state index contributed by atoms with van der Waals surface area (Å²) in [7, 11) is 1.28. The van der Waals surface area contributed by atoms with Crippen LogP contribution in [0, 0.1) is 17.1 Å². The molecule has 0 aliphatic carbocycles. The number of methoxy groups -OCH3 is 1. The molecule has 6 heteroatoms. The van der Waals surface area contributed by atoms with E-state index >= 15 is 0 Å². The summed E-state index contributed by atoms with van der Waals surface area (Å²) < 4.78 is 17.8. The van der Waals surface area contributed by atoms with Gasteiger partial charge in [0.25, 0.3) is 0 Å². The van der Waals surface area contributed by atoms with Crippen LogP contribution in [0.2, 0.25) is 0 Å². The lowest BCUT2D eigenvalue weighted by Gasteiger charge is -2.11. The fourth-order valence-corrected chi connectivity index (χ4v) is 1.77. The van der Waals surface area contributed by atoms with Crippen LogP contribution in [0.5, 0.6) is 0 Å². The number of nitrogen functional groups attached to an aromatic ring is 1. The number of rotatable bonds is 3. The second-order valence-corrected chi connectivity index (χ2v) is 4.23. The minimum Gasteiger partial charge on any atom is -0.465 e. The highest BCUT2D eigenvalue weighted by molar-refractivity contribution is 5.92. The number of hydrogen-bond acceptors (Lipinski definition) is 5. The van der Waals surface area contributed by atoms with Crippen molar-refractivity contribution in [3.63, 3.8) is 0 Å². The number of nitriles is 1. The van der Waals surface area contributed by atoms with E-state index in [2.05, 4.69) is 10.1 Å². The minimum absolute atomic E-state index is 0.0650. The maximum absolute atomic E-state index is 13.2. The van der Waals surface area contributed by atoms with Crippen molar-refractivity contribution in [2.75, 3.05) is 18.2 Å². The number of carbonyl (C=O) groups excluding carboxylic acids is 1. The molecule has 0 atom stereocenters. The van der Waals surface area contributed by atoms with Gasteiger partial charge in [-0.2, -0.15) is 5.26 Å². The van der Waals surface area contributed by atoms with E-state index in [4.69, 9.17) is 11.0 Å². The van der Waals surface area contributed by atoms with Gasteiger partial charge < -0.3 is 15.8 Å². The highest BCUT2D eigenvalue weighted by atomic mass is 19.1. The van der Waals surface area contributed by atoms with Gasteiger partial charge in [-0.25, -0.2) is 9.18 Å². The number of esters is 1. The van der Waals surface area contributed by atoms with Gasteiger partial charge in [-0.3, -0.25) is 0 Å². The summed E-state index contributed by atoms with van der Waals surface area (Å²) in [6, 6.07) is 10.5. The van der Waals surface area contributed by atoms with Gasteiger partial charge in [-0.1, -0.05) is 0 Å². The van der Waals surface area contributed by atoms with E-state index in [1.54, 1.807) is 18.2 Å². The number of carbonyl (C=O) groups is 1. The maximum Gasteiger partial charge on any atom is 0.337 e. The predicted octanol–water partition coefficient (Wildman–Crippen LogP) is 2.81. The van der Waals surface area contributed by atoms with Crippen LogP contribution in [-0.2, 0) is 4.74 Å². The molecule has 0 bridgehead atoms. The third-order valence-corrected chi connectivity index (χ3v) is 2.84. The SMILES string of the molecule is COC(=O)c1ccc(Nc2ccc(F)c(C#N)c2)c(N)c1. The van der Waals surface area contributed by atoms with E-state index < -0.39 is 11.8 Å². The Labute approximate surface area is 120 Å². The summed E-state index contributed by atoms with van der Waals surface area (Å²) >= 11 is 0. The molecule has 5 nitrogen and oxygen atoms in total. The highest BCUT2D eigenvalue weighted by Gasteiger charge is 2.09. The second kappa shape index (κ2) is 5.92. The topological polar surface area (TPSA) is 88.1 Å². The molecule has 21 heavy (non-hydrogen) atoms. The molecule has 0 aromatic heterocycles. The van der Waals surface area contributed by atoms with Gasteiger partial charge in [0, 0.05) is 5.69 Å². The van der Waals surface area contributed by atoms with Crippen LogP contribution >= 0.6 is 0 Å². The first-order valence-electron chi connectivity index (χ1n) is 5.99. The third-order valence-electron chi connectivity index (χ3n) is 2.84. The fourth-order valence-electron chi connectivity index (χ4n) is 1.77. The number of benzene rings is 2. The van der Waals surface area contributed by atoms with Crippen molar-refractivity contribution in [2.45, 2.75) is 0 Å². The van der Waals surface area contributed by atoms with Gasteiger partial charge in [0.15, 0.2) is 0 Å². The lowest BCUT2D eigenvalue weighted by atomic mass is 10.1. The summed E-state index contributed by atoms with van der Waals surface area (Å²) in [6.45, 7) is 0. The first kappa shape index (κ1) is 14.3. The van der Waals surface area contributed by atoms with Crippen molar-refractivity contribution in [2.24, 2.45) is 0 Å². The Balaban J connectivity index is 2.28. The lowest BCUT2D eigenvalue weighted by molar-refractivity contribution is 0.0601. The molecule has 106 valence electrons. The largest absolute Gasteiger partial charge is 0.465 e. The van der Waals surface area contributed by atoms with Crippen LogP contribution in [0.4, 0.5) is 21.5 Å². The number of nitrogens with two attached hydrogens (primary N) is 1. The average molecular weight is 285 g/mol. The highest BCUT2D eigenvalue weighted by Crippen LogP contribution is 2.25. The van der Waals surface area contributed by atoms with E-state index in [9.17, 15) is 9.18 Å². The van der Waals surface area contributed by atoms with Gasteiger partial charge in [-0.05, 0) is 36.4 Å². The molecule has 0 amide bonds. The van der Waals surface area contributed by atoms with Crippen LogP contribution in [0.15, 0.2) is 36.4 Å². The van der Waals surface area contributed by atoms with Crippen LogP contribution in [0.3, 0.4) is 0 Å². The summed E-state index contributed by atoms with van der Waals surface area (Å²) in [5, 5.41) is 11.8. The second-order valence-electron chi connectivity index (χ2n) is 4.23. The number of anilines is 3. The fraction of sp³-hybridized carbons (Fsp3) is 0.0667. The molecule has 0 aliphatic heterocycles. The average Bonchev–Trinajstić information content (AvgIpc) is 2.50. The number of halogens is 1. The molecule has 0 saturated carbocycles. The zero-order valence-corrected chi connectivity index (χ0v) is 11.2. The van der Waals surface area contributed by atoms with E-state index in [0.29, 0.717) is 22.6 Å². The van der Waals surface area contributed by atoms with Crippen molar-refractivity contribution < 1.29 is 13.9 Å². The van der Waals surface area contributed by atoms with Crippen molar-refractivity contribution in [3.05, 3.63) is 53.3 Å². The number of hydrogen-bond donors (Lipinski definition) is 2. The van der Waals surface area contributed by atoms with Crippen molar-refractivity contribution >= 4 is 23.0 Å². The summed E-state index contributed by atoms with van der Waals surface area (Å²) in [4.78, 5) is 11.4. The minimum atomic E-state index is -0.586. The molecule has 0 fully saturated rings. The standard InChI is InChI=1S/C15H12FN3O2/c1-21-15(20)9-2-5-14(13(18)7-9)19-11-3-4-12(16)10(6-11)8-17/h2-7,19H,18H2,1H3. The Hall–Kier alpha value is -3.07. The molecule has 0 radical (unpaired) electrons. The molecule has 0 unspecified atom stereocenters. The third kappa shape index (κ3) is 3.09. The Morgan fingerprint density at radius 3 is 2.71 bits per heavy atom. The van der Waals surface area contributed by atoms with Crippen LogP contribution < -0.4 is 11.1 Å². The maximum atomic E-state index is 13.2. The molecule has 2 aromatic rings. The van der Waals surface area contributed by atoms with Gasteiger partial charge in [-0.15, -0.1) is 0 Å². The first-order chi connectivity index (χ1) is 10.0. The normalized spacial score (nSPS) is 9.76. The van der Waals surface area contributed by atoms with E-state index in [-0.39, 0.29) is 5.56 Å². The summed E-state index contributed by atoms with van der Waals surface area (Å²) in [6.07, 6.45) is 0. The quantitative estimate of drug-likeness (QED) is 0.668. The first-order valence-corrected chi connectivity index (χ1v) is 5.99. The Morgan fingerprint density at radius 1 is 1.33 bits per heavy atom. The number of nitrogens with zero attached hydrogens (tertiary/aromatic N) is 1. The Bertz CT molecular complexity index is 738. The zero-order valence-electron chi connectivity index (χ0n) is 11.2. The lowest BCUT2D eigenvalue weighted by Crippen LogP contribution is -2.04. The van der Waals surface area contributed by atoms with E-state index in [1.807, 2.05) is 0 Å². The van der Waals surface area contributed by atoms with Crippen molar-refractivity contribution in [1.82, 2.24) is 0 Å². The molecule has 0 aliphatic rings. The zero-order chi connectivity index (χ0) is 15.4. The Morgan fingerprint density at radius 2 is 2.10 bits per heavy atom. The van der Waals surface area contributed by atoms with Crippen molar-refractivity contribution in [1.29, 1.82) is 5.26 Å². The summed E-state index contributed by atoms with van der Waals surface area (Å²) in [5.41, 5.74) is 7.51. The number of ether oxygens (including phenoxy) is 1. The summed E-state index contributed by atoms with van der Waals surface area (Å²) in [5.74, 6) is -1.07. The molecular weight excluding hydrogens is 273 g/mol.